The van der Waals surface area contributed by atoms with E-state index in [1.165, 1.54) is 6.92 Å². The average Bonchev–Trinajstić information content (AvgIpc) is 1.82. The zero-order valence-electron chi connectivity index (χ0n) is 6.65. The second kappa shape index (κ2) is 3.74. The summed E-state index contributed by atoms with van der Waals surface area (Å²) in [6, 6.07) is -0.323. The molecule has 2 unspecified atom stereocenters. The van der Waals surface area contributed by atoms with Crippen molar-refractivity contribution in [2.45, 2.75) is 32.5 Å². The van der Waals surface area contributed by atoms with Gasteiger partial charge in [0, 0.05) is 12.5 Å². The van der Waals surface area contributed by atoms with Crippen LogP contribution >= 0.6 is 0 Å². The summed E-state index contributed by atoms with van der Waals surface area (Å²) >= 11 is 0. The summed E-state index contributed by atoms with van der Waals surface area (Å²) in [6.07, 6.45) is -4.87. The number of hydrogen-bond acceptors (Lipinski definition) is 1. The lowest BCUT2D eigenvalue weighted by Crippen LogP contribution is -2.20. The van der Waals surface area contributed by atoms with Crippen molar-refractivity contribution >= 4 is 6.72 Å². The summed E-state index contributed by atoms with van der Waals surface area (Å²) in [5.41, 5.74) is 0. The van der Waals surface area contributed by atoms with Gasteiger partial charge in [-0.25, -0.2) is 0 Å². The molecule has 0 N–H and O–H groups in total. The molecule has 0 spiro atoms. The molecule has 0 aromatic carbocycles. The van der Waals surface area contributed by atoms with Crippen molar-refractivity contribution in [1.29, 1.82) is 0 Å². The molecule has 2 atom stereocenters. The Morgan fingerprint density at radius 3 is 2.09 bits per heavy atom. The van der Waals surface area contributed by atoms with Gasteiger partial charge in [-0.1, -0.05) is 6.92 Å². The molecule has 0 aliphatic rings. The smallest absolute Gasteiger partial charge is 0.298 e. The van der Waals surface area contributed by atoms with Crippen LogP contribution in [0.3, 0.4) is 0 Å². The molecule has 0 saturated heterocycles. The fourth-order valence-corrected chi connectivity index (χ4v) is 0.716. The minimum absolute atomic E-state index is 0.323. The summed E-state index contributed by atoms with van der Waals surface area (Å²) < 4.78 is 35.2. The minimum Gasteiger partial charge on any atom is -0.298 e. The number of rotatable bonds is 3. The second-order valence-electron chi connectivity index (χ2n) is 2.72. The van der Waals surface area contributed by atoms with Crippen molar-refractivity contribution in [2.75, 3.05) is 0 Å². The van der Waals surface area contributed by atoms with Gasteiger partial charge in [0.2, 0.25) is 0 Å². The monoisotopic (exact) mass is 167 g/mol. The first-order chi connectivity index (χ1) is 4.87. The van der Waals surface area contributed by atoms with Crippen LogP contribution in [0.25, 0.3) is 0 Å². The van der Waals surface area contributed by atoms with Crippen LogP contribution in [-0.2, 0) is 0 Å². The van der Waals surface area contributed by atoms with Crippen LogP contribution in [-0.4, -0.2) is 18.9 Å². The van der Waals surface area contributed by atoms with Gasteiger partial charge in [-0.15, -0.1) is 0 Å². The molecule has 0 heterocycles. The van der Waals surface area contributed by atoms with Gasteiger partial charge in [0.25, 0.3) is 0 Å². The Morgan fingerprint density at radius 1 is 1.36 bits per heavy atom. The zero-order valence-corrected chi connectivity index (χ0v) is 6.65. The van der Waals surface area contributed by atoms with E-state index >= 15 is 0 Å². The summed E-state index contributed by atoms with van der Waals surface area (Å²) in [7, 11) is 0. The third-order valence-corrected chi connectivity index (χ3v) is 1.66. The predicted octanol–water partition coefficient (Wildman–Crippen LogP) is 2.66. The van der Waals surface area contributed by atoms with Gasteiger partial charge in [0.05, 0.1) is 0 Å². The van der Waals surface area contributed by atoms with E-state index in [1.54, 1.807) is 6.92 Å². The van der Waals surface area contributed by atoms with Crippen molar-refractivity contribution < 1.29 is 13.2 Å². The van der Waals surface area contributed by atoms with Gasteiger partial charge in [-0.3, -0.25) is 4.99 Å². The highest BCUT2D eigenvalue weighted by atomic mass is 19.4. The topological polar surface area (TPSA) is 12.4 Å². The molecule has 66 valence electrons. The molecule has 0 aromatic heterocycles. The van der Waals surface area contributed by atoms with Crippen LogP contribution in [0, 0.1) is 5.92 Å². The highest BCUT2D eigenvalue weighted by molar-refractivity contribution is 5.24. The highest BCUT2D eigenvalue weighted by Gasteiger charge is 2.31. The van der Waals surface area contributed by atoms with Gasteiger partial charge >= 0.3 is 6.18 Å². The Morgan fingerprint density at radius 2 is 1.82 bits per heavy atom. The number of alkyl halides is 3. The van der Waals surface area contributed by atoms with E-state index in [2.05, 4.69) is 11.7 Å². The van der Waals surface area contributed by atoms with Crippen LogP contribution in [0.5, 0.6) is 0 Å². The third kappa shape index (κ3) is 4.81. The molecule has 0 aliphatic carbocycles. The van der Waals surface area contributed by atoms with Crippen molar-refractivity contribution in [2.24, 2.45) is 10.9 Å². The molecule has 4 heteroatoms. The number of hydrogen-bond donors (Lipinski definition) is 0. The fourth-order valence-electron chi connectivity index (χ4n) is 0.716. The molecule has 0 radical (unpaired) electrons. The van der Waals surface area contributed by atoms with Gasteiger partial charge in [0.1, 0.15) is 0 Å². The van der Waals surface area contributed by atoms with E-state index in [0.29, 0.717) is 0 Å². The summed E-state index contributed by atoms with van der Waals surface area (Å²) in [4.78, 5) is 3.52. The number of aliphatic imine (C=N–C) groups is 1. The quantitative estimate of drug-likeness (QED) is 0.573. The number of halogens is 3. The lowest BCUT2D eigenvalue weighted by Gasteiger charge is -2.16. The van der Waals surface area contributed by atoms with E-state index in [0.717, 1.165) is 0 Å². The van der Waals surface area contributed by atoms with Crippen molar-refractivity contribution in [3.63, 3.8) is 0 Å². The Hall–Kier alpha value is -0.540. The maximum atomic E-state index is 11.7. The van der Waals surface area contributed by atoms with E-state index in [1.807, 2.05) is 0 Å². The molecule has 1 nitrogen and oxygen atoms in total. The molecular formula is C7H12F3N. The van der Waals surface area contributed by atoms with Crippen LogP contribution in [0.2, 0.25) is 0 Å². The first-order valence-electron chi connectivity index (χ1n) is 3.39. The van der Waals surface area contributed by atoms with Gasteiger partial charge in [-0.05, 0) is 19.6 Å². The lowest BCUT2D eigenvalue weighted by atomic mass is 10.0. The SMILES string of the molecule is C=NC(C)C(C)CC(F)(F)F. The lowest BCUT2D eigenvalue weighted by molar-refractivity contribution is -0.144. The van der Waals surface area contributed by atoms with E-state index in [-0.39, 0.29) is 6.04 Å². The molecule has 0 fully saturated rings. The van der Waals surface area contributed by atoms with E-state index < -0.39 is 18.5 Å². The molecule has 0 bridgehead atoms. The van der Waals surface area contributed by atoms with Gasteiger partial charge < -0.3 is 0 Å². The molecule has 0 aliphatic heterocycles. The van der Waals surface area contributed by atoms with Crippen LogP contribution in [0.1, 0.15) is 20.3 Å². The summed E-state index contributed by atoms with van der Waals surface area (Å²) in [5.74, 6) is -0.479. The number of nitrogens with zero attached hydrogens (tertiary/aromatic N) is 1. The second-order valence-corrected chi connectivity index (χ2v) is 2.72. The summed E-state index contributed by atoms with van der Waals surface area (Å²) in [6.45, 7) is 6.34. The van der Waals surface area contributed by atoms with Crippen LogP contribution in [0.4, 0.5) is 13.2 Å². The van der Waals surface area contributed by atoms with Crippen LogP contribution < -0.4 is 0 Å². The van der Waals surface area contributed by atoms with E-state index in [9.17, 15) is 13.2 Å². The third-order valence-electron chi connectivity index (χ3n) is 1.66. The van der Waals surface area contributed by atoms with Crippen molar-refractivity contribution in [3.05, 3.63) is 0 Å². The van der Waals surface area contributed by atoms with Gasteiger partial charge in [0.15, 0.2) is 0 Å². The van der Waals surface area contributed by atoms with E-state index in [4.69, 9.17) is 0 Å². The Bertz CT molecular complexity index is 130. The van der Waals surface area contributed by atoms with Crippen LogP contribution in [0.15, 0.2) is 4.99 Å². The molecule has 11 heavy (non-hydrogen) atoms. The first-order valence-corrected chi connectivity index (χ1v) is 3.39. The minimum atomic E-state index is -4.08. The largest absolute Gasteiger partial charge is 0.389 e. The molecule has 0 rings (SSSR count). The Labute approximate surface area is 64.3 Å². The van der Waals surface area contributed by atoms with Gasteiger partial charge in [-0.2, -0.15) is 13.2 Å². The highest BCUT2D eigenvalue weighted by Crippen LogP contribution is 2.26. The Kier molecular flexibility index (Phi) is 3.55. The van der Waals surface area contributed by atoms with Crippen molar-refractivity contribution in [1.82, 2.24) is 0 Å². The maximum absolute atomic E-state index is 11.7. The molecule has 0 aromatic rings. The maximum Gasteiger partial charge on any atom is 0.389 e. The Balaban J connectivity index is 3.86. The zero-order chi connectivity index (χ0) is 9.07. The molecule has 0 amide bonds. The normalized spacial score (nSPS) is 17.5. The van der Waals surface area contributed by atoms with Crippen molar-refractivity contribution in [3.8, 4) is 0 Å². The average molecular weight is 167 g/mol. The fraction of sp³-hybridized carbons (Fsp3) is 0.857. The predicted molar refractivity (Wildman–Crippen MR) is 38.8 cm³/mol. The molecule has 0 saturated carbocycles. The molecular weight excluding hydrogens is 155 g/mol. The first kappa shape index (κ1) is 10.5. The summed E-state index contributed by atoms with van der Waals surface area (Å²) in [5, 5.41) is 0. The standard InChI is InChI=1S/C7H12F3N/c1-5(6(2)11-3)4-7(8,9)10/h5-6H,3-4H2,1-2H3.